The fourth-order valence-electron chi connectivity index (χ4n) is 1.27. The molecule has 0 saturated heterocycles. The van der Waals surface area contributed by atoms with Crippen molar-refractivity contribution < 1.29 is 0 Å². The van der Waals surface area contributed by atoms with E-state index in [0.29, 0.717) is 11.9 Å². The van der Waals surface area contributed by atoms with E-state index in [0.717, 1.165) is 6.42 Å². The molecule has 0 radical (unpaired) electrons. The van der Waals surface area contributed by atoms with Gasteiger partial charge in [-0.25, -0.2) is 4.98 Å². The second-order valence-corrected chi connectivity index (χ2v) is 3.45. The molecule has 78 valence electrons. The van der Waals surface area contributed by atoms with E-state index >= 15 is 0 Å². The summed E-state index contributed by atoms with van der Waals surface area (Å²) in [5.41, 5.74) is -0.157. The van der Waals surface area contributed by atoms with E-state index in [4.69, 9.17) is 0 Å². The lowest BCUT2D eigenvalue weighted by Gasteiger charge is -2.12. The number of nitrogens with zero attached hydrogens (tertiary/aromatic N) is 1. The summed E-state index contributed by atoms with van der Waals surface area (Å²) in [6.45, 7) is 4.21. The highest BCUT2D eigenvalue weighted by Crippen LogP contribution is 2.03. The second kappa shape index (κ2) is 5.42. The van der Waals surface area contributed by atoms with Crippen molar-refractivity contribution in [1.82, 2.24) is 9.97 Å². The van der Waals surface area contributed by atoms with Crippen molar-refractivity contribution in [2.75, 3.05) is 5.32 Å². The number of unbranched alkanes of at least 4 members (excludes halogenated alkanes) is 1. The maximum absolute atomic E-state index is 11.2. The molecule has 0 bridgehead atoms. The molecule has 0 aromatic carbocycles. The lowest BCUT2D eigenvalue weighted by molar-refractivity contribution is 0.642. The highest BCUT2D eigenvalue weighted by Gasteiger charge is 2.04. The van der Waals surface area contributed by atoms with E-state index in [1.54, 1.807) is 6.20 Å². The van der Waals surface area contributed by atoms with Gasteiger partial charge in [-0.3, -0.25) is 4.79 Å². The average molecular weight is 195 g/mol. The molecule has 1 aromatic heterocycles. The first kappa shape index (κ1) is 10.8. The van der Waals surface area contributed by atoms with Crippen molar-refractivity contribution in [3.8, 4) is 0 Å². The number of nitrogens with one attached hydrogen (secondary N) is 2. The van der Waals surface area contributed by atoms with Crippen LogP contribution in [0.5, 0.6) is 0 Å². The fourth-order valence-corrected chi connectivity index (χ4v) is 1.27. The van der Waals surface area contributed by atoms with Gasteiger partial charge in [0.2, 0.25) is 0 Å². The van der Waals surface area contributed by atoms with Gasteiger partial charge in [0, 0.05) is 18.4 Å². The van der Waals surface area contributed by atoms with Crippen molar-refractivity contribution in [3.63, 3.8) is 0 Å². The normalized spacial score (nSPS) is 12.4. The van der Waals surface area contributed by atoms with Gasteiger partial charge in [0.05, 0.1) is 0 Å². The first-order chi connectivity index (χ1) is 6.74. The number of hydrogen-bond acceptors (Lipinski definition) is 3. The Bertz CT molecular complexity index is 321. The molecule has 1 heterocycles. The standard InChI is InChI=1S/C10H17N3O/c1-3-4-5-8(2)13-9-10(14)12-7-6-11-9/h6-8H,3-5H2,1-2H3,(H,11,13)(H,12,14). The van der Waals surface area contributed by atoms with Crippen LogP contribution in [0.15, 0.2) is 17.2 Å². The van der Waals surface area contributed by atoms with Crippen molar-refractivity contribution in [3.05, 3.63) is 22.7 Å². The van der Waals surface area contributed by atoms with Crippen molar-refractivity contribution in [2.45, 2.75) is 39.2 Å². The van der Waals surface area contributed by atoms with Crippen molar-refractivity contribution in [1.29, 1.82) is 0 Å². The van der Waals surface area contributed by atoms with Crippen LogP contribution < -0.4 is 10.9 Å². The maximum Gasteiger partial charge on any atom is 0.290 e. The number of aromatic nitrogens is 2. The summed E-state index contributed by atoms with van der Waals surface area (Å²) < 4.78 is 0. The van der Waals surface area contributed by atoms with Crippen LogP contribution in [0.4, 0.5) is 5.82 Å². The second-order valence-electron chi connectivity index (χ2n) is 3.45. The molecule has 0 aliphatic rings. The average Bonchev–Trinajstić information content (AvgIpc) is 2.18. The van der Waals surface area contributed by atoms with Gasteiger partial charge in [-0.2, -0.15) is 0 Å². The van der Waals surface area contributed by atoms with Crippen molar-refractivity contribution >= 4 is 5.82 Å². The lowest BCUT2D eigenvalue weighted by Crippen LogP contribution is -2.22. The van der Waals surface area contributed by atoms with Gasteiger partial charge in [0.1, 0.15) is 0 Å². The van der Waals surface area contributed by atoms with Gasteiger partial charge in [-0.1, -0.05) is 19.8 Å². The molecule has 4 heteroatoms. The van der Waals surface area contributed by atoms with Crippen LogP contribution in [0.1, 0.15) is 33.1 Å². The number of rotatable bonds is 5. The number of hydrogen-bond donors (Lipinski definition) is 2. The molecule has 0 fully saturated rings. The third kappa shape index (κ3) is 3.20. The van der Waals surface area contributed by atoms with Crippen LogP contribution in [0, 0.1) is 0 Å². The van der Waals surface area contributed by atoms with Gasteiger partial charge in [0.15, 0.2) is 5.82 Å². The minimum Gasteiger partial charge on any atom is -0.363 e. The molecule has 2 N–H and O–H groups in total. The van der Waals surface area contributed by atoms with E-state index in [2.05, 4.69) is 29.1 Å². The van der Waals surface area contributed by atoms with Gasteiger partial charge >= 0.3 is 0 Å². The number of aromatic amines is 1. The summed E-state index contributed by atoms with van der Waals surface area (Å²) in [6.07, 6.45) is 6.51. The van der Waals surface area contributed by atoms with Gasteiger partial charge in [0.25, 0.3) is 5.56 Å². The molecule has 0 aliphatic carbocycles. The third-order valence-corrected chi connectivity index (χ3v) is 2.08. The Morgan fingerprint density at radius 3 is 3.07 bits per heavy atom. The molecular formula is C10H17N3O. The quantitative estimate of drug-likeness (QED) is 0.752. The fraction of sp³-hybridized carbons (Fsp3) is 0.600. The summed E-state index contributed by atoms with van der Waals surface area (Å²) in [7, 11) is 0. The molecule has 1 atom stereocenters. The summed E-state index contributed by atoms with van der Waals surface area (Å²) in [5.74, 6) is 0.413. The van der Waals surface area contributed by atoms with E-state index in [1.807, 2.05) is 0 Å². The van der Waals surface area contributed by atoms with E-state index in [-0.39, 0.29) is 5.56 Å². The highest BCUT2D eigenvalue weighted by atomic mass is 16.1. The molecule has 0 amide bonds. The molecule has 1 unspecified atom stereocenters. The Morgan fingerprint density at radius 2 is 2.43 bits per heavy atom. The molecule has 0 saturated carbocycles. The minimum atomic E-state index is -0.157. The first-order valence-electron chi connectivity index (χ1n) is 5.04. The predicted molar refractivity (Wildman–Crippen MR) is 57.5 cm³/mol. The monoisotopic (exact) mass is 195 g/mol. The first-order valence-corrected chi connectivity index (χ1v) is 5.04. The molecule has 14 heavy (non-hydrogen) atoms. The molecule has 0 aliphatic heterocycles. The Morgan fingerprint density at radius 1 is 1.64 bits per heavy atom. The molecule has 4 nitrogen and oxygen atoms in total. The topological polar surface area (TPSA) is 57.8 Å². The van der Waals surface area contributed by atoms with Gasteiger partial charge < -0.3 is 10.3 Å². The summed E-state index contributed by atoms with van der Waals surface area (Å²) in [4.78, 5) is 17.8. The van der Waals surface area contributed by atoms with Crippen LogP contribution in [-0.4, -0.2) is 16.0 Å². The van der Waals surface area contributed by atoms with Gasteiger partial charge in [-0.15, -0.1) is 0 Å². The smallest absolute Gasteiger partial charge is 0.290 e. The lowest BCUT2D eigenvalue weighted by atomic mass is 10.1. The van der Waals surface area contributed by atoms with Crippen LogP contribution in [-0.2, 0) is 0 Å². The third-order valence-electron chi connectivity index (χ3n) is 2.08. The molecular weight excluding hydrogens is 178 g/mol. The maximum atomic E-state index is 11.2. The molecule has 0 spiro atoms. The zero-order valence-electron chi connectivity index (χ0n) is 8.71. The summed E-state index contributed by atoms with van der Waals surface area (Å²) >= 11 is 0. The summed E-state index contributed by atoms with van der Waals surface area (Å²) in [6, 6.07) is 0.297. The van der Waals surface area contributed by atoms with E-state index in [1.165, 1.54) is 19.0 Å². The number of anilines is 1. The summed E-state index contributed by atoms with van der Waals surface area (Å²) in [5, 5.41) is 3.09. The van der Waals surface area contributed by atoms with Crippen LogP contribution in [0.2, 0.25) is 0 Å². The Hall–Kier alpha value is -1.32. The predicted octanol–water partition coefficient (Wildman–Crippen LogP) is 1.76. The van der Waals surface area contributed by atoms with Gasteiger partial charge in [-0.05, 0) is 13.3 Å². The number of H-pyrrole nitrogens is 1. The Kier molecular flexibility index (Phi) is 4.16. The van der Waals surface area contributed by atoms with E-state index in [9.17, 15) is 4.79 Å². The van der Waals surface area contributed by atoms with E-state index < -0.39 is 0 Å². The zero-order chi connectivity index (χ0) is 10.4. The Labute approximate surface area is 83.8 Å². The molecule has 1 aromatic rings. The minimum absolute atomic E-state index is 0.157. The Balaban J connectivity index is 2.52. The molecule has 1 rings (SSSR count). The largest absolute Gasteiger partial charge is 0.363 e. The zero-order valence-corrected chi connectivity index (χ0v) is 8.71. The SMILES string of the molecule is CCCCC(C)Nc1ncc[nH]c1=O. The van der Waals surface area contributed by atoms with Crippen LogP contribution in [0.25, 0.3) is 0 Å². The van der Waals surface area contributed by atoms with Crippen molar-refractivity contribution in [2.24, 2.45) is 0 Å². The van der Waals surface area contributed by atoms with Crippen LogP contribution in [0.3, 0.4) is 0 Å². The van der Waals surface area contributed by atoms with Crippen LogP contribution >= 0.6 is 0 Å². The highest BCUT2D eigenvalue weighted by molar-refractivity contribution is 5.31.